The van der Waals surface area contributed by atoms with Crippen molar-refractivity contribution in [3.8, 4) is 0 Å². The Morgan fingerprint density at radius 2 is 2.14 bits per heavy atom. The van der Waals surface area contributed by atoms with Crippen LogP contribution < -0.4 is 0 Å². The van der Waals surface area contributed by atoms with Gasteiger partial charge >= 0.3 is 0 Å². The summed E-state index contributed by atoms with van der Waals surface area (Å²) in [5.41, 5.74) is 0.998. The highest BCUT2D eigenvalue weighted by Gasteiger charge is 2.16. The molecule has 4 nitrogen and oxygen atoms in total. The van der Waals surface area contributed by atoms with Crippen molar-refractivity contribution in [3.63, 3.8) is 0 Å². The Morgan fingerprint density at radius 3 is 2.76 bits per heavy atom. The molecule has 0 N–H and O–H groups in total. The topological polar surface area (TPSA) is 40.6 Å². The van der Waals surface area contributed by atoms with Gasteiger partial charge in [-0.1, -0.05) is 43.5 Å². The van der Waals surface area contributed by atoms with Crippen molar-refractivity contribution in [1.29, 1.82) is 0 Å². The van der Waals surface area contributed by atoms with Crippen molar-refractivity contribution in [2.45, 2.75) is 6.92 Å². The van der Waals surface area contributed by atoms with Crippen LogP contribution in [0.3, 0.4) is 0 Å². The third-order valence-corrected chi connectivity index (χ3v) is 3.03. The summed E-state index contributed by atoms with van der Waals surface area (Å²) < 4.78 is 0. The second-order valence-corrected chi connectivity index (χ2v) is 4.89. The molecule has 0 aromatic rings. The molecule has 1 rings (SSSR count). The number of carbonyl (C=O) groups is 2. The number of amides is 2. The predicted octanol–water partition coefficient (Wildman–Crippen LogP) is 2.09. The van der Waals surface area contributed by atoms with Crippen molar-refractivity contribution in [2.24, 2.45) is 0 Å². The molecule has 2 amide bonds. The van der Waals surface area contributed by atoms with Crippen LogP contribution in [0.1, 0.15) is 6.92 Å². The first-order chi connectivity index (χ1) is 9.97. The van der Waals surface area contributed by atoms with Crippen LogP contribution in [0, 0.1) is 0 Å². The van der Waals surface area contributed by atoms with Crippen LogP contribution in [-0.2, 0) is 9.59 Å². The lowest BCUT2D eigenvalue weighted by atomic mass is 10.2. The molecule has 1 heterocycles. The highest BCUT2D eigenvalue weighted by molar-refractivity contribution is 5.96. The molecule has 112 valence electrons. The number of hydrogen-bond acceptors (Lipinski definition) is 2. The van der Waals surface area contributed by atoms with Crippen molar-refractivity contribution >= 4 is 11.8 Å². The Hall–Kier alpha value is -2.36. The highest BCUT2D eigenvalue weighted by atomic mass is 16.2. The fourth-order valence-corrected chi connectivity index (χ4v) is 1.91. The fraction of sp³-hybridized carbons (Fsp3) is 0.294. The molecular weight excluding hydrogens is 264 g/mol. The molecule has 0 saturated heterocycles. The van der Waals surface area contributed by atoms with E-state index in [1.165, 1.54) is 0 Å². The summed E-state index contributed by atoms with van der Waals surface area (Å²) in [5, 5.41) is 0. The van der Waals surface area contributed by atoms with Gasteiger partial charge in [0, 0.05) is 37.3 Å². The van der Waals surface area contributed by atoms with Crippen LogP contribution in [0.2, 0.25) is 0 Å². The zero-order valence-corrected chi connectivity index (χ0v) is 12.5. The van der Waals surface area contributed by atoms with Crippen LogP contribution in [0.25, 0.3) is 0 Å². The number of nitrogens with zero attached hydrogens (tertiary/aromatic N) is 2. The van der Waals surface area contributed by atoms with E-state index in [0.29, 0.717) is 37.3 Å². The van der Waals surface area contributed by atoms with Crippen LogP contribution in [0.5, 0.6) is 0 Å². The Balaban J connectivity index is 2.52. The molecular formula is C17H22N2O2. The normalized spacial score (nSPS) is 14.6. The van der Waals surface area contributed by atoms with Gasteiger partial charge in [-0.2, -0.15) is 0 Å². The van der Waals surface area contributed by atoms with Crippen LogP contribution in [0.4, 0.5) is 0 Å². The monoisotopic (exact) mass is 286 g/mol. The van der Waals surface area contributed by atoms with Gasteiger partial charge in [0.1, 0.15) is 0 Å². The minimum atomic E-state index is -0.0927. The van der Waals surface area contributed by atoms with Gasteiger partial charge in [0.25, 0.3) is 5.91 Å². The number of carbonyl (C=O) groups excluding carboxylic acids is 2. The molecule has 1 aliphatic rings. The zero-order valence-electron chi connectivity index (χ0n) is 12.5. The maximum atomic E-state index is 11.9. The standard InChI is InChI=1S/C17H22N2O2/c1-5-10-18(16(20)14(2)3)11-6-7-12-19-13-8-9-15(4)17(19)21/h5-9H,1-2,4,10-13H2,3H3/b7-6+. The average molecular weight is 286 g/mol. The largest absolute Gasteiger partial charge is 0.332 e. The average Bonchev–Trinajstić information content (AvgIpc) is 2.45. The lowest BCUT2D eigenvalue weighted by Crippen LogP contribution is -2.34. The van der Waals surface area contributed by atoms with Gasteiger partial charge in [-0.05, 0) is 6.92 Å². The van der Waals surface area contributed by atoms with Crippen molar-refractivity contribution < 1.29 is 9.59 Å². The van der Waals surface area contributed by atoms with Gasteiger partial charge in [-0.3, -0.25) is 9.59 Å². The first-order valence-electron chi connectivity index (χ1n) is 6.82. The minimum Gasteiger partial charge on any atom is -0.332 e. The van der Waals surface area contributed by atoms with Gasteiger partial charge in [0.15, 0.2) is 0 Å². The highest BCUT2D eigenvalue weighted by Crippen LogP contribution is 2.08. The van der Waals surface area contributed by atoms with E-state index < -0.39 is 0 Å². The summed E-state index contributed by atoms with van der Waals surface area (Å²) in [6.07, 6.45) is 9.08. The van der Waals surface area contributed by atoms with E-state index in [9.17, 15) is 9.59 Å². The smallest absolute Gasteiger partial charge is 0.253 e. The van der Waals surface area contributed by atoms with Gasteiger partial charge in [0.05, 0.1) is 0 Å². The summed E-state index contributed by atoms with van der Waals surface area (Å²) in [6.45, 7) is 14.7. The summed E-state index contributed by atoms with van der Waals surface area (Å²) in [5.74, 6) is -0.145. The van der Waals surface area contributed by atoms with Crippen LogP contribution in [0.15, 0.2) is 61.3 Å². The van der Waals surface area contributed by atoms with E-state index in [4.69, 9.17) is 0 Å². The molecule has 0 bridgehead atoms. The Kier molecular flexibility index (Phi) is 6.40. The third-order valence-electron chi connectivity index (χ3n) is 3.03. The van der Waals surface area contributed by atoms with Gasteiger partial charge < -0.3 is 9.80 Å². The molecule has 1 aliphatic heterocycles. The number of hydrogen-bond donors (Lipinski definition) is 0. The second kappa shape index (κ2) is 8.04. The maximum absolute atomic E-state index is 11.9. The molecule has 4 heteroatoms. The molecule has 0 aromatic heterocycles. The summed E-state index contributed by atoms with van der Waals surface area (Å²) >= 11 is 0. The molecule has 0 atom stereocenters. The van der Waals surface area contributed by atoms with Crippen molar-refractivity contribution in [2.75, 3.05) is 26.2 Å². The molecule has 21 heavy (non-hydrogen) atoms. The second-order valence-electron chi connectivity index (χ2n) is 4.89. The molecule has 0 saturated carbocycles. The van der Waals surface area contributed by atoms with Gasteiger partial charge in [-0.25, -0.2) is 0 Å². The van der Waals surface area contributed by atoms with Crippen LogP contribution >= 0.6 is 0 Å². The Labute approximate surface area is 126 Å². The van der Waals surface area contributed by atoms with E-state index in [1.54, 1.807) is 28.9 Å². The lowest BCUT2D eigenvalue weighted by molar-refractivity contribution is -0.127. The Bertz CT molecular complexity index is 515. The molecule has 0 aliphatic carbocycles. The predicted molar refractivity (Wildman–Crippen MR) is 85.6 cm³/mol. The number of rotatable bonds is 7. The molecule has 0 spiro atoms. The first kappa shape index (κ1) is 16.7. The van der Waals surface area contributed by atoms with Gasteiger partial charge in [-0.15, -0.1) is 6.58 Å². The first-order valence-corrected chi connectivity index (χ1v) is 6.82. The summed E-state index contributed by atoms with van der Waals surface area (Å²) in [4.78, 5) is 27.0. The molecule has 0 aromatic carbocycles. The minimum absolute atomic E-state index is 0.0527. The van der Waals surface area contributed by atoms with E-state index in [-0.39, 0.29) is 11.8 Å². The lowest BCUT2D eigenvalue weighted by Gasteiger charge is -2.23. The maximum Gasteiger partial charge on any atom is 0.253 e. The molecule has 0 fully saturated rings. The zero-order chi connectivity index (χ0) is 15.8. The van der Waals surface area contributed by atoms with Gasteiger partial charge in [0.2, 0.25) is 5.91 Å². The van der Waals surface area contributed by atoms with Crippen molar-refractivity contribution in [1.82, 2.24) is 9.80 Å². The molecule has 0 radical (unpaired) electrons. The van der Waals surface area contributed by atoms with E-state index in [2.05, 4.69) is 19.7 Å². The Morgan fingerprint density at radius 1 is 1.43 bits per heavy atom. The third kappa shape index (κ3) is 4.91. The van der Waals surface area contributed by atoms with E-state index >= 15 is 0 Å². The summed E-state index contributed by atoms with van der Waals surface area (Å²) in [6, 6.07) is 0. The van der Waals surface area contributed by atoms with E-state index in [1.807, 2.05) is 18.2 Å². The fourth-order valence-electron chi connectivity index (χ4n) is 1.91. The van der Waals surface area contributed by atoms with E-state index in [0.717, 1.165) is 0 Å². The quantitative estimate of drug-likeness (QED) is 0.531. The molecule has 0 unspecified atom stereocenters. The van der Waals surface area contributed by atoms with Crippen LogP contribution in [-0.4, -0.2) is 47.8 Å². The SMILES string of the molecule is C=CCN(C/C=C/CN1CC=CC(=C)C1=O)C(=O)C(=C)C. The van der Waals surface area contributed by atoms with Crippen molar-refractivity contribution in [3.05, 3.63) is 61.3 Å². The summed E-state index contributed by atoms with van der Waals surface area (Å²) in [7, 11) is 0.